The van der Waals surface area contributed by atoms with E-state index in [1.165, 1.54) is 43.9 Å². The molecule has 1 atom stereocenters. The van der Waals surface area contributed by atoms with Gasteiger partial charge in [-0.25, -0.2) is 4.39 Å². The molecule has 0 amide bonds. The quantitative estimate of drug-likeness (QED) is 0.468. The van der Waals surface area contributed by atoms with Crippen molar-refractivity contribution < 1.29 is 4.39 Å². The smallest absolute Gasteiger partial charge is 0.190 e. The van der Waals surface area contributed by atoms with E-state index in [4.69, 9.17) is 0 Å². The van der Waals surface area contributed by atoms with Crippen molar-refractivity contribution in [3.05, 3.63) is 35.8 Å². The number of hydrogen-bond donors (Lipinski definition) is 3. The molecule has 2 heterocycles. The number of likely N-dealkylation sites (N-methyl/N-ethyl adjacent to an activating group) is 1. The number of aromatic nitrogens is 1. The van der Waals surface area contributed by atoms with Gasteiger partial charge in [-0.3, -0.25) is 4.99 Å². The Labute approximate surface area is 173 Å². The van der Waals surface area contributed by atoms with Crippen LogP contribution in [0.5, 0.6) is 0 Å². The Morgan fingerprint density at radius 1 is 1.21 bits per heavy atom. The van der Waals surface area contributed by atoms with E-state index < -0.39 is 0 Å². The van der Waals surface area contributed by atoms with Crippen LogP contribution in [0.25, 0.3) is 10.9 Å². The molecular formula is C22H35FN6. The van der Waals surface area contributed by atoms with Gasteiger partial charge >= 0.3 is 0 Å². The van der Waals surface area contributed by atoms with Gasteiger partial charge in [0.1, 0.15) is 5.82 Å². The number of nitrogens with zero attached hydrogens (tertiary/aromatic N) is 3. The summed E-state index contributed by atoms with van der Waals surface area (Å²) in [5.74, 6) is 1.18. The highest BCUT2D eigenvalue weighted by atomic mass is 19.1. The molecular weight excluding hydrogens is 367 g/mol. The molecule has 1 saturated heterocycles. The van der Waals surface area contributed by atoms with Gasteiger partial charge in [-0.15, -0.1) is 0 Å². The first kappa shape index (κ1) is 21.6. The molecule has 3 N–H and O–H groups in total. The Balaban J connectivity index is 1.38. The molecule has 29 heavy (non-hydrogen) atoms. The summed E-state index contributed by atoms with van der Waals surface area (Å²) in [7, 11) is 1.80. The van der Waals surface area contributed by atoms with Crippen molar-refractivity contribution in [2.45, 2.75) is 20.3 Å². The molecule has 1 unspecified atom stereocenters. The van der Waals surface area contributed by atoms with Crippen molar-refractivity contribution in [2.24, 2.45) is 10.9 Å². The first-order chi connectivity index (χ1) is 14.1. The number of piperazine rings is 1. The van der Waals surface area contributed by atoms with Crippen molar-refractivity contribution >= 4 is 16.9 Å². The molecule has 1 aliphatic heterocycles. The van der Waals surface area contributed by atoms with Gasteiger partial charge in [0.2, 0.25) is 0 Å². The molecule has 2 aromatic rings. The van der Waals surface area contributed by atoms with E-state index in [0.29, 0.717) is 5.92 Å². The molecule has 160 valence electrons. The Kier molecular flexibility index (Phi) is 7.89. The fourth-order valence-corrected chi connectivity index (χ4v) is 3.97. The van der Waals surface area contributed by atoms with Crippen molar-refractivity contribution in [1.82, 2.24) is 25.4 Å². The van der Waals surface area contributed by atoms with E-state index in [9.17, 15) is 4.39 Å². The van der Waals surface area contributed by atoms with Crippen molar-refractivity contribution in [2.75, 3.05) is 59.4 Å². The van der Waals surface area contributed by atoms with Gasteiger partial charge in [-0.2, -0.15) is 0 Å². The lowest BCUT2D eigenvalue weighted by Gasteiger charge is -2.35. The average molecular weight is 403 g/mol. The zero-order valence-corrected chi connectivity index (χ0v) is 18.0. The topological polar surface area (TPSA) is 58.7 Å². The third kappa shape index (κ3) is 6.18. The lowest BCUT2D eigenvalue weighted by molar-refractivity contribution is 0.124. The summed E-state index contributed by atoms with van der Waals surface area (Å²) in [5.41, 5.74) is 2.03. The maximum absolute atomic E-state index is 13.3. The van der Waals surface area contributed by atoms with E-state index in [1.807, 2.05) is 12.3 Å². The van der Waals surface area contributed by atoms with Crippen LogP contribution in [0.15, 0.2) is 29.4 Å². The minimum atomic E-state index is -0.213. The summed E-state index contributed by atoms with van der Waals surface area (Å²) in [4.78, 5) is 12.6. The number of nitrogens with one attached hydrogen (secondary N) is 3. The van der Waals surface area contributed by atoms with Crippen LogP contribution in [0.2, 0.25) is 0 Å². The second-order valence-electron chi connectivity index (χ2n) is 7.97. The normalized spacial score (nSPS) is 17.6. The van der Waals surface area contributed by atoms with Crippen LogP contribution >= 0.6 is 0 Å². The Morgan fingerprint density at radius 2 is 1.97 bits per heavy atom. The van der Waals surface area contributed by atoms with Crippen LogP contribution in [0, 0.1) is 11.7 Å². The molecule has 6 nitrogen and oxygen atoms in total. The van der Waals surface area contributed by atoms with Gasteiger partial charge in [0, 0.05) is 70.0 Å². The third-order valence-corrected chi connectivity index (χ3v) is 5.74. The van der Waals surface area contributed by atoms with Gasteiger partial charge in [0.15, 0.2) is 5.96 Å². The summed E-state index contributed by atoms with van der Waals surface area (Å²) in [6.07, 6.45) is 2.81. The fourth-order valence-electron chi connectivity index (χ4n) is 3.97. The molecule has 7 heteroatoms. The zero-order chi connectivity index (χ0) is 20.6. The van der Waals surface area contributed by atoms with Crippen molar-refractivity contribution in [3.8, 4) is 0 Å². The summed E-state index contributed by atoms with van der Waals surface area (Å²) < 4.78 is 13.3. The third-order valence-electron chi connectivity index (χ3n) is 5.74. The van der Waals surface area contributed by atoms with Gasteiger partial charge in [0.05, 0.1) is 0 Å². The van der Waals surface area contributed by atoms with Crippen molar-refractivity contribution in [1.29, 1.82) is 0 Å². The number of rotatable bonds is 8. The molecule has 1 aliphatic rings. The Hall–Kier alpha value is -2.12. The lowest BCUT2D eigenvalue weighted by Crippen LogP contribution is -2.48. The van der Waals surface area contributed by atoms with Crippen LogP contribution in [-0.4, -0.2) is 80.1 Å². The first-order valence-corrected chi connectivity index (χ1v) is 10.7. The maximum atomic E-state index is 13.3. The highest BCUT2D eigenvalue weighted by Gasteiger charge is 2.17. The molecule has 0 saturated carbocycles. The van der Waals surface area contributed by atoms with E-state index >= 15 is 0 Å². The SMILES string of the molecule is CCN1CCN(CC(C)CNC(=NC)NCCc2c[nH]c3cc(F)ccc23)CC1. The predicted molar refractivity (Wildman–Crippen MR) is 119 cm³/mol. The summed E-state index contributed by atoms with van der Waals surface area (Å²) >= 11 is 0. The van der Waals surface area contributed by atoms with Gasteiger partial charge < -0.3 is 25.4 Å². The molecule has 1 aromatic heterocycles. The van der Waals surface area contributed by atoms with E-state index in [0.717, 1.165) is 49.5 Å². The highest BCUT2D eigenvalue weighted by Crippen LogP contribution is 2.19. The van der Waals surface area contributed by atoms with Crippen LogP contribution in [0.4, 0.5) is 4.39 Å². The molecule has 0 spiro atoms. The standard InChI is InChI=1S/C22H35FN6/c1-4-28-9-11-29(12-10-28)16-17(2)14-27-22(24-3)25-8-7-18-15-26-21-13-19(23)5-6-20(18)21/h5-6,13,15,17,26H,4,7-12,14,16H2,1-3H3,(H2,24,25,27). The average Bonchev–Trinajstić information content (AvgIpc) is 3.13. The van der Waals surface area contributed by atoms with Gasteiger partial charge in [-0.05, 0) is 42.6 Å². The second kappa shape index (κ2) is 10.6. The van der Waals surface area contributed by atoms with Crippen LogP contribution in [-0.2, 0) is 6.42 Å². The van der Waals surface area contributed by atoms with E-state index in [2.05, 4.69) is 44.3 Å². The van der Waals surface area contributed by atoms with Gasteiger partial charge in [-0.1, -0.05) is 13.8 Å². The summed E-state index contributed by atoms with van der Waals surface area (Å²) in [6, 6.07) is 4.89. The number of aliphatic imine (C=N–C) groups is 1. The monoisotopic (exact) mass is 402 g/mol. The summed E-state index contributed by atoms with van der Waals surface area (Å²) in [5, 5.41) is 7.91. The van der Waals surface area contributed by atoms with E-state index in [-0.39, 0.29) is 5.82 Å². The van der Waals surface area contributed by atoms with E-state index in [1.54, 1.807) is 7.05 Å². The maximum Gasteiger partial charge on any atom is 0.190 e. The van der Waals surface area contributed by atoms with Crippen LogP contribution in [0.1, 0.15) is 19.4 Å². The van der Waals surface area contributed by atoms with Crippen molar-refractivity contribution in [3.63, 3.8) is 0 Å². The number of fused-ring (bicyclic) bond motifs is 1. The Bertz CT molecular complexity index is 794. The summed E-state index contributed by atoms with van der Waals surface area (Å²) in [6.45, 7) is 13.2. The molecule has 1 aromatic carbocycles. The van der Waals surface area contributed by atoms with Gasteiger partial charge in [0.25, 0.3) is 0 Å². The number of halogens is 1. The molecule has 0 aliphatic carbocycles. The Morgan fingerprint density at radius 3 is 2.69 bits per heavy atom. The number of aromatic amines is 1. The highest BCUT2D eigenvalue weighted by molar-refractivity contribution is 5.83. The molecule has 0 radical (unpaired) electrons. The number of guanidine groups is 1. The fraction of sp³-hybridized carbons (Fsp3) is 0.591. The van der Waals surface area contributed by atoms with Crippen LogP contribution in [0.3, 0.4) is 0 Å². The largest absolute Gasteiger partial charge is 0.361 e. The number of benzene rings is 1. The molecule has 1 fully saturated rings. The predicted octanol–water partition coefficient (Wildman–Crippen LogP) is 2.29. The molecule has 3 rings (SSSR count). The second-order valence-corrected chi connectivity index (χ2v) is 7.97. The molecule has 0 bridgehead atoms. The number of hydrogen-bond acceptors (Lipinski definition) is 3. The minimum Gasteiger partial charge on any atom is -0.361 e. The minimum absolute atomic E-state index is 0.213. The van der Waals surface area contributed by atoms with Crippen LogP contribution < -0.4 is 10.6 Å². The zero-order valence-electron chi connectivity index (χ0n) is 18.0. The lowest BCUT2D eigenvalue weighted by atomic mass is 10.1. The number of H-pyrrole nitrogens is 1. The first-order valence-electron chi connectivity index (χ1n) is 10.7.